The van der Waals surface area contributed by atoms with E-state index < -0.39 is 36.4 Å². The van der Waals surface area contributed by atoms with Gasteiger partial charge in [0.1, 0.15) is 30.2 Å². The smallest absolute Gasteiger partial charge is 0.252 e. The predicted octanol–water partition coefficient (Wildman–Crippen LogP) is -0.493. The third kappa shape index (κ3) is 4.27. The van der Waals surface area contributed by atoms with Crippen LogP contribution in [-0.2, 0) is 20.9 Å². The lowest BCUT2D eigenvalue weighted by Gasteiger charge is -2.17. The highest BCUT2D eigenvalue weighted by Crippen LogP contribution is 2.33. The van der Waals surface area contributed by atoms with Gasteiger partial charge >= 0.3 is 0 Å². The number of ether oxygens (including phenoxy) is 1. The quantitative estimate of drug-likeness (QED) is 0.239. The van der Waals surface area contributed by atoms with Crippen molar-refractivity contribution in [3.8, 4) is 0 Å². The number of imidazole rings is 1. The van der Waals surface area contributed by atoms with Gasteiger partial charge in [-0.25, -0.2) is 15.0 Å². The molecule has 14 nitrogen and oxygen atoms in total. The molecule has 0 radical (unpaired) electrons. The summed E-state index contributed by atoms with van der Waals surface area (Å²) in [6.45, 7) is 0.221. The molecule has 6 rings (SSSR count). The Bertz CT molecular complexity index is 1530. The van der Waals surface area contributed by atoms with E-state index in [2.05, 4.69) is 30.9 Å². The van der Waals surface area contributed by atoms with E-state index in [1.165, 1.54) is 17.2 Å². The van der Waals surface area contributed by atoms with Gasteiger partial charge in [0.15, 0.2) is 17.7 Å². The largest absolute Gasteiger partial charge is 0.387 e. The molecular formula is C25H26N8O6. The predicted molar refractivity (Wildman–Crippen MR) is 136 cm³/mol. The van der Waals surface area contributed by atoms with Gasteiger partial charge in [0.25, 0.3) is 11.8 Å². The van der Waals surface area contributed by atoms with Gasteiger partial charge < -0.3 is 36.6 Å². The summed E-state index contributed by atoms with van der Waals surface area (Å²) in [7, 11) is 0. The fourth-order valence-electron chi connectivity index (χ4n) is 5.30. The Labute approximate surface area is 221 Å². The van der Waals surface area contributed by atoms with Gasteiger partial charge in [0, 0.05) is 41.1 Å². The molecule has 39 heavy (non-hydrogen) atoms. The maximum absolute atomic E-state index is 13.1. The van der Waals surface area contributed by atoms with Crippen molar-refractivity contribution in [2.45, 2.75) is 50.3 Å². The number of hydrogen-bond acceptors (Lipinski definition) is 10. The minimum Gasteiger partial charge on any atom is -0.387 e. The minimum absolute atomic E-state index is 0.102. The van der Waals surface area contributed by atoms with Crippen LogP contribution in [0.1, 0.15) is 41.4 Å². The van der Waals surface area contributed by atoms with Gasteiger partial charge in [-0.15, -0.1) is 0 Å². The highest BCUT2D eigenvalue weighted by Gasteiger charge is 2.44. The van der Waals surface area contributed by atoms with Gasteiger partial charge in [-0.1, -0.05) is 6.07 Å². The van der Waals surface area contributed by atoms with Crippen LogP contribution in [-0.4, -0.2) is 72.3 Å². The summed E-state index contributed by atoms with van der Waals surface area (Å²) in [4.78, 5) is 50.3. The molecule has 2 unspecified atom stereocenters. The van der Waals surface area contributed by atoms with Crippen LogP contribution in [0.3, 0.4) is 0 Å². The second-order valence-electron chi connectivity index (χ2n) is 9.62. The number of aliphatic hydroxyl groups excluding tert-OH is 2. The average Bonchev–Trinajstić information content (AvgIpc) is 3.71. The van der Waals surface area contributed by atoms with E-state index in [9.17, 15) is 24.6 Å². The number of carbonyl (C=O) groups is 3. The Morgan fingerprint density at radius 3 is 2.74 bits per heavy atom. The van der Waals surface area contributed by atoms with Crippen molar-refractivity contribution in [2.75, 3.05) is 17.6 Å². The summed E-state index contributed by atoms with van der Waals surface area (Å²) in [6, 6.07) is 5.11. The number of hydrogen-bond donors (Lipinski definition) is 6. The van der Waals surface area contributed by atoms with Gasteiger partial charge in [0.05, 0.1) is 6.33 Å². The van der Waals surface area contributed by atoms with Crippen molar-refractivity contribution in [1.82, 2.24) is 30.2 Å². The van der Waals surface area contributed by atoms with E-state index >= 15 is 0 Å². The molecule has 1 fully saturated rings. The summed E-state index contributed by atoms with van der Waals surface area (Å²) in [5, 5.41) is 29.6. The Morgan fingerprint density at radius 1 is 1.13 bits per heavy atom. The van der Waals surface area contributed by atoms with E-state index in [0.717, 1.165) is 0 Å². The minimum atomic E-state index is -1.32. The summed E-state index contributed by atoms with van der Waals surface area (Å²) < 4.78 is 7.33. The van der Waals surface area contributed by atoms with E-state index in [1.807, 2.05) is 0 Å². The molecule has 4 heterocycles. The molecule has 1 aliphatic carbocycles. The number of rotatable bonds is 6. The normalized spacial score (nSPS) is 24.2. The van der Waals surface area contributed by atoms with Crippen LogP contribution in [0.15, 0.2) is 42.0 Å². The first-order valence-corrected chi connectivity index (χ1v) is 12.5. The first kappa shape index (κ1) is 24.9. The Kier molecular flexibility index (Phi) is 6.21. The van der Waals surface area contributed by atoms with Crippen LogP contribution in [0.4, 0.5) is 11.5 Å². The molecule has 0 saturated carbocycles. The van der Waals surface area contributed by atoms with Crippen molar-refractivity contribution in [3.05, 3.63) is 53.1 Å². The molecule has 2 aromatic heterocycles. The Hall–Kier alpha value is -4.40. The Morgan fingerprint density at radius 2 is 1.92 bits per heavy atom. The number of nitrogen functional groups attached to an aromatic ring is 1. The number of fused-ring (bicyclic) bond motifs is 2. The third-order valence-corrected chi connectivity index (χ3v) is 7.32. The molecule has 202 valence electrons. The van der Waals surface area contributed by atoms with Crippen LogP contribution in [0.25, 0.3) is 11.2 Å². The fraction of sp³-hybridized carbons (Fsp3) is 0.360. The van der Waals surface area contributed by atoms with Gasteiger partial charge in [-0.2, -0.15) is 0 Å². The highest BCUT2D eigenvalue weighted by atomic mass is 16.6. The number of aromatic nitrogens is 4. The zero-order valence-corrected chi connectivity index (χ0v) is 20.6. The van der Waals surface area contributed by atoms with Crippen molar-refractivity contribution >= 4 is 40.4 Å². The highest BCUT2D eigenvalue weighted by molar-refractivity contribution is 6.11. The topological polar surface area (TPSA) is 207 Å². The number of nitrogens with one attached hydrogen (secondary N) is 3. The van der Waals surface area contributed by atoms with Crippen molar-refractivity contribution in [3.63, 3.8) is 0 Å². The fourth-order valence-corrected chi connectivity index (χ4v) is 5.30. The summed E-state index contributed by atoms with van der Waals surface area (Å²) >= 11 is 0. The molecule has 2 aliphatic heterocycles. The lowest BCUT2D eigenvalue weighted by molar-refractivity contribution is -0.119. The molecular weight excluding hydrogens is 508 g/mol. The van der Waals surface area contributed by atoms with Crippen LogP contribution in [0, 0.1) is 0 Å². The number of carbonyl (C=O) groups excluding carboxylic acids is 3. The van der Waals surface area contributed by atoms with Gasteiger partial charge in [-0.05, 0) is 31.4 Å². The van der Waals surface area contributed by atoms with Crippen LogP contribution < -0.4 is 21.7 Å². The van der Waals surface area contributed by atoms with Gasteiger partial charge in [-0.3, -0.25) is 19.0 Å². The maximum atomic E-state index is 13.1. The molecule has 4 atom stereocenters. The SMILES string of the molecule is Nc1ncnc2c1ncn2C1OC(CNC(=O)C2=C(C(=O)Nc3cccc4c3CNC4=O)CCC2)[C@@H](O)[C@H]1O. The number of aliphatic hydroxyl groups is 2. The molecule has 0 bridgehead atoms. The van der Waals surface area contributed by atoms with Crippen molar-refractivity contribution in [2.24, 2.45) is 0 Å². The summed E-state index contributed by atoms with van der Waals surface area (Å²) in [5.41, 5.74) is 8.97. The van der Waals surface area contributed by atoms with E-state index in [1.54, 1.807) is 18.2 Å². The first-order valence-electron chi connectivity index (χ1n) is 12.5. The molecule has 7 N–H and O–H groups in total. The van der Waals surface area contributed by atoms with Crippen LogP contribution in [0.5, 0.6) is 0 Å². The number of nitrogens with zero attached hydrogens (tertiary/aromatic N) is 4. The molecule has 1 saturated heterocycles. The zero-order valence-electron chi connectivity index (χ0n) is 20.6. The summed E-state index contributed by atoms with van der Waals surface area (Å²) in [6.07, 6.45) is -0.420. The second kappa shape index (κ2) is 9.72. The van der Waals surface area contributed by atoms with Crippen LogP contribution >= 0.6 is 0 Å². The van der Waals surface area contributed by atoms with E-state index in [-0.39, 0.29) is 18.3 Å². The molecule has 3 aliphatic rings. The standard InChI is InChI=1S/C25H26N8O6/c26-20-17-21(30-9-29-20)33(10-31-17)25-19(35)18(34)16(39-25)8-28-22(36)11-3-1-4-12(11)24(38)32-15-6-2-5-13-14(15)7-27-23(13)37/h2,5-6,9-10,16,18-19,25,34-35H,1,3-4,7-8H2,(H,27,37)(H,28,36)(H,32,38)(H2,26,29,30)/t16?,18-,19-,25?/m1/s1. The van der Waals surface area contributed by atoms with Crippen LogP contribution in [0.2, 0.25) is 0 Å². The zero-order chi connectivity index (χ0) is 27.3. The lowest BCUT2D eigenvalue weighted by Crippen LogP contribution is -2.40. The average molecular weight is 535 g/mol. The molecule has 14 heteroatoms. The number of amides is 3. The molecule has 0 spiro atoms. The molecule has 1 aromatic carbocycles. The van der Waals surface area contributed by atoms with E-state index in [0.29, 0.717) is 64.9 Å². The monoisotopic (exact) mass is 534 g/mol. The number of nitrogens with two attached hydrogens (primary N) is 1. The van der Waals surface area contributed by atoms with E-state index in [4.69, 9.17) is 10.5 Å². The van der Waals surface area contributed by atoms with Gasteiger partial charge in [0.2, 0.25) is 5.91 Å². The maximum Gasteiger partial charge on any atom is 0.252 e. The first-order chi connectivity index (χ1) is 18.8. The Balaban J connectivity index is 1.13. The van der Waals surface area contributed by atoms with Crippen molar-refractivity contribution < 1.29 is 29.3 Å². The molecule has 3 amide bonds. The third-order valence-electron chi connectivity index (χ3n) is 7.32. The summed E-state index contributed by atoms with van der Waals surface area (Å²) in [5.74, 6) is -0.868. The second-order valence-corrected chi connectivity index (χ2v) is 9.62. The van der Waals surface area contributed by atoms with Crippen molar-refractivity contribution in [1.29, 1.82) is 0 Å². The lowest BCUT2D eigenvalue weighted by atomic mass is 10.1. The number of anilines is 2. The molecule has 3 aromatic rings. The number of benzene rings is 1.